The Morgan fingerprint density at radius 3 is 2.47 bits per heavy atom. The fourth-order valence-electron chi connectivity index (χ4n) is 1.78. The molecule has 1 heteroatoms. The summed E-state index contributed by atoms with van der Waals surface area (Å²) in [5.74, 6) is 0.927. The highest BCUT2D eigenvalue weighted by Gasteiger charge is 2.19. The third-order valence-electron chi connectivity index (χ3n) is 3.08. The standard InChI is InChI=1S/C14H20O/c1-4-11(2)5-6-12(3)13-7-9-14(15)10-8-13/h4-6,13H,3,7-10H2,1-2H3/b6-5-,11-4-. The minimum absolute atomic E-state index is 0.410. The minimum Gasteiger partial charge on any atom is -0.300 e. The SMILES string of the molecule is C=C(/C=C\C(C)=C/C)C1CCC(=O)CC1. The minimum atomic E-state index is 0.410. The summed E-state index contributed by atoms with van der Waals surface area (Å²) in [6, 6.07) is 0. The molecule has 0 aromatic carbocycles. The summed E-state index contributed by atoms with van der Waals surface area (Å²) in [4.78, 5) is 11.1. The van der Waals surface area contributed by atoms with Crippen LogP contribution < -0.4 is 0 Å². The number of allylic oxidation sites excluding steroid dienone is 5. The number of hydrogen-bond donors (Lipinski definition) is 0. The maximum Gasteiger partial charge on any atom is 0.132 e. The molecule has 0 heterocycles. The van der Waals surface area contributed by atoms with Crippen LogP contribution in [0.4, 0.5) is 0 Å². The highest BCUT2D eigenvalue weighted by molar-refractivity contribution is 5.79. The van der Waals surface area contributed by atoms with Crippen LogP contribution in [0.3, 0.4) is 0 Å². The van der Waals surface area contributed by atoms with E-state index in [2.05, 4.69) is 31.7 Å². The van der Waals surface area contributed by atoms with E-state index in [9.17, 15) is 4.79 Å². The zero-order chi connectivity index (χ0) is 11.3. The van der Waals surface area contributed by atoms with E-state index in [-0.39, 0.29) is 0 Å². The molecule has 0 aromatic rings. The molecule has 0 amide bonds. The summed E-state index contributed by atoms with van der Waals surface area (Å²) < 4.78 is 0. The molecule has 1 fully saturated rings. The summed E-state index contributed by atoms with van der Waals surface area (Å²) in [7, 11) is 0. The lowest BCUT2D eigenvalue weighted by Crippen LogP contribution is -2.14. The van der Waals surface area contributed by atoms with Gasteiger partial charge in [0, 0.05) is 12.8 Å². The molecule has 1 nitrogen and oxygen atoms in total. The molecule has 15 heavy (non-hydrogen) atoms. The van der Waals surface area contributed by atoms with E-state index >= 15 is 0 Å². The van der Waals surface area contributed by atoms with Crippen molar-refractivity contribution in [1.82, 2.24) is 0 Å². The quantitative estimate of drug-likeness (QED) is 0.639. The highest BCUT2D eigenvalue weighted by Crippen LogP contribution is 2.27. The zero-order valence-corrected chi connectivity index (χ0v) is 9.75. The summed E-state index contributed by atoms with van der Waals surface area (Å²) in [6.45, 7) is 8.19. The maximum absolute atomic E-state index is 11.1. The van der Waals surface area contributed by atoms with Crippen molar-refractivity contribution >= 4 is 5.78 Å². The van der Waals surface area contributed by atoms with E-state index in [0.717, 1.165) is 25.7 Å². The first kappa shape index (κ1) is 12.0. The van der Waals surface area contributed by atoms with E-state index in [0.29, 0.717) is 11.7 Å². The third-order valence-corrected chi connectivity index (χ3v) is 3.08. The van der Waals surface area contributed by atoms with Gasteiger partial charge in [0.2, 0.25) is 0 Å². The van der Waals surface area contributed by atoms with Gasteiger partial charge in [0.25, 0.3) is 0 Å². The molecule has 0 radical (unpaired) electrons. The molecule has 0 N–H and O–H groups in total. The number of carbonyl (C=O) groups excluding carboxylic acids is 1. The van der Waals surface area contributed by atoms with Gasteiger partial charge in [0.1, 0.15) is 5.78 Å². The fraction of sp³-hybridized carbons (Fsp3) is 0.500. The molecule has 0 saturated heterocycles. The van der Waals surface area contributed by atoms with E-state index in [1.165, 1.54) is 11.1 Å². The van der Waals surface area contributed by atoms with E-state index in [1.807, 2.05) is 6.92 Å². The van der Waals surface area contributed by atoms with Gasteiger partial charge in [-0.05, 0) is 32.6 Å². The van der Waals surface area contributed by atoms with Crippen LogP contribution in [0.15, 0.2) is 36.0 Å². The van der Waals surface area contributed by atoms with Crippen LogP contribution >= 0.6 is 0 Å². The van der Waals surface area contributed by atoms with Crippen LogP contribution in [0, 0.1) is 5.92 Å². The van der Waals surface area contributed by atoms with Crippen molar-refractivity contribution in [2.45, 2.75) is 39.5 Å². The smallest absolute Gasteiger partial charge is 0.132 e. The molecule has 1 aliphatic rings. The molecular formula is C14H20O. The molecule has 0 aliphatic heterocycles. The van der Waals surface area contributed by atoms with Crippen LogP contribution in [-0.2, 0) is 4.79 Å². The average molecular weight is 204 g/mol. The Hall–Kier alpha value is -1.11. The predicted molar refractivity (Wildman–Crippen MR) is 64.7 cm³/mol. The monoisotopic (exact) mass is 204 g/mol. The van der Waals surface area contributed by atoms with Crippen LogP contribution in [0.1, 0.15) is 39.5 Å². The lowest BCUT2D eigenvalue weighted by atomic mass is 9.83. The Balaban J connectivity index is 2.47. The zero-order valence-electron chi connectivity index (χ0n) is 9.75. The fourth-order valence-corrected chi connectivity index (χ4v) is 1.78. The second kappa shape index (κ2) is 5.69. The van der Waals surface area contributed by atoms with Crippen LogP contribution in [0.2, 0.25) is 0 Å². The van der Waals surface area contributed by atoms with Gasteiger partial charge in [-0.2, -0.15) is 0 Å². The van der Waals surface area contributed by atoms with Crippen molar-refractivity contribution in [2.24, 2.45) is 5.92 Å². The molecule has 1 aliphatic carbocycles. The maximum atomic E-state index is 11.1. The number of hydrogen-bond acceptors (Lipinski definition) is 1. The first-order valence-electron chi connectivity index (χ1n) is 5.65. The van der Waals surface area contributed by atoms with Gasteiger partial charge < -0.3 is 0 Å². The van der Waals surface area contributed by atoms with Crippen molar-refractivity contribution in [1.29, 1.82) is 0 Å². The Labute approximate surface area is 92.6 Å². The Morgan fingerprint density at radius 2 is 1.93 bits per heavy atom. The molecule has 0 atom stereocenters. The summed E-state index contributed by atoms with van der Waals surface area (Å²) in [5, 5.41) is 0. The van der Waals surface area contributed by atoms with Gasteiger partial charge in [-0.3, -0.25) is 4.79 Å². The van der Waals surface area contributed by atoms with Crippen molar-refractivity contribution < 1.29 is 4.79 Å². The van der Waals surface area contributed by atoms with Gasteiger partial charge >= 0.3 is 0 Å². The van der Waals surface area contributed by atoms with Gasteiger partial charge in [-0.1, -0.05) is 36.0 Å². The van der Waals surface area contributed by atoms with E-state index < -0.39 is 0 Å². The highest BCUT2D eigenvalue weighted by atomic mass is 16.1. The van der Waals surface area contributed by atoms with Gasteiger partial charge in [-0.15, -0.1) is 0 Å². The van der Waals surface area contributed by atoms with Crippen molar-refractivity contribution in [3.8, 4) is 0 Å². The van der Waals surface area contributed by atoms with Crippen molar-refractivity contribution in [3.05, 3.63) is 36.0 Å². The van der Waals surface area contributed by atoms with E-state index in [4.69, 9.17) is 0 Å². The second-order valence-electron chi connectivity index (χ2n) is 4.25. The normalized spacial score (nSPS) is 19.9. The molecule has 82 valence electrons. The average Bonchev–Trinajstić information content (AvgIpc) is 2.26. The summed E-state index contributed by atoms with van der Waals surface area (Å²) >= 11 is 0. The number of rotatable bonds is 3. The molecule has 0 bridgehead atoms. The van der Waals surface area contributed by atoms with Crippen molar-refractivity contribution in [2.75, 3.05) is 0 Å². The molecule has 0 spiro atoms. The molecular weight excluding hydrogens is 184 g/mol. The third kappa shape index (κ3) is 3.86. The Morgan fingerprint density at radius 1 is 1.33 bits per heavy atom. The van der Waals surface area contributed by atoms with Gasteiger partial charge in [0.05, 0.1) is 0 Å². The van der Waals surface area contributed by atoms with Crippen LogP contribution in [0.25, 0.3) is 0 Å². The molecule has 0 aromatic heterocycles. The molecule has 1 saturated carbocycles. The lowest BCUT2D eigenvalue weighted by Gasteiger charge is -2.21. The number of carbonyl (C=O) groups is 1. The summed E-state index contributed by atoms with van der Waals surface area (Å²) in [5.41, 5.74) is 2.42. The van der Waals surface area contributed by atoms with E-state index in [1.54, 1.807) is 0 Å². The molecule has 0 unspecified atom stereocenters. The van der Waals surface area contributed by atoms with Crippen molar-refractivity contribution in [3.63, 3.8) is 0 Å². The van der Waals surface area contributed by atoms with Crippen LogP contribution in [-0.4, -0.2) is 5.78 Å². The Kier molecular flexibility index (Phi) is 4.54. The summed E-state index contributed by atoms with van der Waals surface area (Å²) in [6.07, 6.45) is 9.71. The Bertz CT molecular complexity index is 297. The molecule has 1 rings (SSSR count). The largest absolute Gasteiger partial charge is 0.300 e. The number of Topliss-reactive ketones (excluding diaryl/α,β-unsaturated/α-hetero) is 1. The first-order valence-corrected chi connectivity index (χ1v) is 5.65. The predicted octanol–water partition coefficient (Wildman–Crippen LogP) is 3.82. The van der Waals surface area contributed by atoms with Crippen LogP contribution in [0.5, 0.6) is 0 Å². The number of ketones is 1. The van der Waals surface area contributed by atoms with Gasteiger partial charge in [0.15, 0.2) is 0 Å². The van der Waals surface area contributed by atoms with Gasteiger partial charge in [-0.25, -0.2) is 0 Å². The lowest BCUT2D eigenvalue weighted by molar-refractivity contribution is -0.120. The first-order chi connectivity index (χ1) is 7.13. The topological polar surface area (TPSA) is 17.1 Å². The second-order valence-corrected chi connectivity index (χ2v) is 4.25.